The molecule has 2 aliphatic rings. The summed E-state index contributed by atoms with van der Waals surface area (Å²) in [5, 5.41) is 11.7. The SMILES string of the molecule is CC(=O)NCC(=O)N1[C@H](C(=O)O)C[C@H]2CCCC[C@@H]21. The second kappa shape index (κ2) is 5.59. The smallest absolute Gasteiger partial charge is 0.326 e. The Labute approximate surface area is 112 Å². The first kappa shape index (κ1) is 13.8. The highest BCUT2D eigenvalue weighted by Crippen LogP contribution is 2.39. The van der Waals surface area contributed by atoms with E-state index in [1.54, 1.807) is 0 Å². The van der Waals surface area contributed by atoms with Crippen molar-refractivity contribution in [3.8, 4) is 0 Å². The maximum Gasteiger partial charge on any atom is 0.326 e. The van der Waals surface area contributed by atoms with Crippen LogP contribution in [0.15, 0.2) is 0 Å². The Balaban J connectivity index is 2.10. The highest BCUT2D eigenvalue weighted by Gasteiger charge is 2.47. The number of hydrogen-bond acceptors (Lipinski definition) is 3. The van der Waals surface area contributed by atoms with E-state index in [2.05, 4.69) is 5.32 Å². The zero-order valence-electron chi connectivity index (χ0n) is 11.1. The first-order chi connectivity index (χ1) is 9.00. The van der Waals surface area contributed by atoms with Gasteiger partial charge in [-0.25, -0.2) is 4.79 Å². The number of carbonyl (C=O) groups excluding carboxylic acids is 2. The van der Waals surface area contributed by atoms with Crippen molar-refractivity contribution in [3.05, 3.63) is 0 Å². The molecule has 19 heavy (non-hydrogen) atoms. The maximum atomic E-state index is 12.2. The van der Waals surface area contributed by atoms with Crippen LogP contribution in [0.1, 0.15) is 39.0 Å². The van der Waals surface area contributed by atoms with Gasteiger partial charge in [0.05, 0.1) is 6.54 Å². The third kappa shape index (κ3) is 2.88. The quantitative estimate of drug-likeness (QED) is 0.774. The first-order valence-corrected chi connectivity index (χ1v) is 6.79. The van der Waals surface area contributed by atoms with Crippen molar-refractivity contribution in [1.29, 1.82) is 0 Å². The highest BCUT2D eigenvalue weighted by atomic mass is 16.4. The third-order valence-corrected chi connectivity index (χ3v) is 4.15. The molecule has 2 N–H and O–H groups in total. The molecule has 0 spiro atoms. The van der Waals surface area contributed by atoms with Crippen molar-refractivity contribution in [2.45, 2.75) is 51.1 Å². The average Bonchev–Trinajstić information content (AvgIpc) is 2.75. The fourth-order valence-electron chi connectivity index (χ4n) is 3.33. The molecule has 2 fully saturated rings. The van der Waals surface area contributed by atoms with E-state index >= 15 is 0 Å². The van der Waals surface area contributed by atoms with E-state index in [0.29, 0.717) is 12.3 Å². The van der Waals surface area contributed by atoms with Gasteiger partial charge in [-0.15, -0.1) is 0 Å². The molecule has 6 heteroatoms. The van der Waals surface area contributed by atoms with Gasteiger partial charge >= 0.3 is 5.97 Å². The molecule has 1 aliphatic heterocycles. The molecule has 0 unspecified atom stereocenters. The standard InChI is InChI=1S/C13H20N2O4/c1-8(16)14-7-12(17)15-10-5-3-2-4-9(10)6-11(15)13(18)19/h9-11H,2-7H2,1H3,(H,14,16)(H,18,19)/t9-,10+,11+/m1/s1. The molecule has 2 amide bonds. The van der Waals surface area contributed by atoms with E-state index in [1.807, 2.05) is 0 Å². The fourth-order valence-corrected chi connectivity index (χ4v) is 3.33. The van der Waals surface area contributed by atoms with Crippen molar-refractivity contribution in [2.24, 2.45) is 5.92 Å². The van der Waals surface area contributed by atoms with E-state index in [1.165, 1.54) is 11.8 Å². The number of fused-ring (bicyclic) bond motifs is 1. The number of hydrogen-bond donors (Lipinski definition) is 2. The van der Waals surface area contributed by atoms with Crippen molar-refractivity contribution < 1.29 is 19.5 Å². The lowest BCUT2D eigenvalue weighted by Gasteiger charge is -2.33. The fraction of sp³-hybridized carbons (Fsp3) is 0.769. The molecule has 106 valence electrons. The van der Waals surface area contributed by atoms with Gasteiger partial charge in [-0.2, -0.15) is 0 Å². The molecule has 1 saturated carbocycles. The Bertz CT molecular complexity index is 396. The number of nitrogens with zero attached hydrogens (tertiary/aromatic N) is 1. The van der Waals surface area contributed by atoms with Crippen LogP contribution in [0, 0.1) is 5.92 Å². The molecule has 1 heterocycles. The highest BCUT2D eigenvalue weighted by molar-refractivity contribution is 5.88. The summed E-state index contributed by atoms with van der Waals surface area (Å²) in [6.07, 6.45) is 4.57. The lowest BCUT2D eigenvalue weighted by molar-refractivity contribution is -0.149. The molecular formula is C13H20N2O4. The van der Waals surface area contributed by atoms with Crippen molar-refractivity contribution in [3.63, 3.8) is 0 Å². The molecule has 0 aromatic heterocycles. The normalized spacial score (nSPS) is 29.7. The predicted octanol–water partition coefficient (Wildman–Crippen LogP) is 0.367. The molecule has 0 radical (unpaired) electrons. The molecule has 2 rings (SSSR count). The van der Waals surface area contributed by atoms with Crippen LogP contribution in [-0.4, -0.2) is 46.4 Å². The molecular weight excluding hydrogens is 248 g/mol. The molecule has 0 bridgehead atoms. The van der Waals surface area contributed by atoms with Crippen LogP contribution >= 0.6 is 0 Å². The monoisotopic (exact) mass is 268 g/mol. The van der Waals surface area contributed by atoms with Crippen LogP contribution in [0.25, 0.3) is 0 Å². The number of likely N-dealkylation sites (tertiary alicyclic amines) is 1. The summed E-state index contributed by atoms with van der Waals surface area (Å²) in [6.45, 7) is 1.23. The number of carboxylic acid groups (broad SMARTS) is 1. The second-order valence-electron chi connectivity index (χ2n) is 5.41. The minimum atomic E-state index is -0.939. The van der Waals surface area contributed by atoms with Crippen LogP contribution in [0.4, 0.5) is 0 Å². The maximum absolute atomic E-state index is 12.2. The van der Waals surface area contributed by atoms with Crippen LogP contribution in [0.5, 0.6) is 0 Å². The van der Waals surface area contributed by atoms with Gasteiger partial charge in [0.25, 0.3) is 0 Å². The largest absolute Gasteiger partial charge is 0.480 e. The van der Waals surface area contributed by atoms with Gasteiger partial charge in [0.1, 0.15) is 6.04 Å². The lowest BCUT2D eigenvalue weighted by atomic mass is 9.85. The number of carbonyl (C=O) groups is 3. The molecule has 6 nitrogen and oxygen atoms in total. The van der Waals surface area contributed by atoms with Crippen molar-refractivity contribution in [2.75, 3.05) is 6.54 Å². The van der Waals surface area contributed by atoms with E-state index in [4.69, 9.17) is 0 Å². The van der Waals surface area contributed by atoms with Crippen molar-refractivity contribution in [1.82, 2.24) is 10.2 Å². The molecule has 0 aromatic carbocycles. The summed E-state index contributed by atoms with van der Waals surface area (Å²) >= 11 is 0. The van der Waals surface area contributed by atoms with Crippen LogP contribution in [-0.2, 0) is 14.4 Å². The van der Waals surface area contributed by atoms with Crippen LogP contribution in [0.2, 0.25) is 0 Å². The Morgan fingerprint density at radius 2 is 1.95 bits per heavy atom. The number of nitrogens with one attached hydrogen (secondary N) is 1. The van der Waals surface area contributed by atoms with Gasteiger partial charge in [0.2, 0.25) is 11.8 Å². The second-order valence-corrected chi connectivity index (χ2v) is 5.41. The summed E-state index contributed by atoms with van der Waals surface area (Å²) in [5.41, 5.74) is 0. The molecule has 1 saturated heterocycles. The number of amides is 2. The zero-order valence-corrected chi connectivity index (χ0v) is 11.1. The van der Waals surface area contributed by atoms with E-state index in [-0.39, 0.29) is 24.4 Å². The molecule has 3 atom stereocenters. The Morgan fingerprint density at radius 1 is 1.26 bits per heavy atom. The summed E-state index contributed by atoms with van der Waals surface area (Å²) in [5.74, 6) is -1.20. The number of aliphatic carboxylic acids is 1. The first-order valence-electron chi connectivity index (χ1n) is 6.79. The summed E-state index contributed by atoms with van der Waals surface area (Å²) < 4.78 is 0. The minimum absolute atomic E-state index is 0.0381. The van der Waals surface area contributed by atoms with Gasteiger partial charge in [0.15, 0.2) is 0 Å². The van der Waals surface area contributed by atoms with E-state index in [0.717, 1.165) is 25.7 Å². The van der Waals surface area contributed by atoms with Crippen LogP contribution in [0.3, 0.4) is 0 Å². The zero-order chi connectivity index (χ0) is 14.0. The average molecular weight is 268 g/mol. The lowest BCUT2D eigenvalue weighted by Crippen LogP contribution is -2.49. The summed E-state index contributed by atoms with van der Waals surface area (Å²) in [7, 11) is 0. The predicted molar refractivity (Wildman–Crippen MR) is 67.3 cm³/mol. The number of rotatable bonds is 3. The molecule has 0 aromatic rings. The van der Waals surface area contributed by atoms with Gasteiger partial charge in [0, 0.05) is 13.0 Å². The Hall–Kier alpha value is -1.59. The van der Waals surface area contributed by atoms with Gasteiger partial charge in [-0.05, 0) is 25.2 Å². The third-order valence-electron chi connectivity index (χ3n) is 4.15. The number of carboxylic acids is 1. The van der Waals surface area contributed by atoms with Gasteiger partial charge < -0.3 is 15.3 Å². The molecule has 1 aliphatic carbocycles. The van der Waals surface area contributed by atoms with Crippen LogP contribution < -0.4 is 5.32 Å². The van der Waals surface area contributed by atoms with Gasteiger partial charge in [-0.1, -0.05) is 12.8 Å². The Kier molecular flexibility index (Phi) is 4.07. The Morgan fingerprint density at radius 3 is 2.58 bits per heavy atom. The van der Waals surface area contributed by atoms with E-state index in [9.17, 15) is 19.5 Å². The topological polar surface area (TPSA) is 86.7 Å². The summed E-state index contributed by atoms with van der Waals surface area (Å²) in [4.78, 5) is 35.8. The summed E-state index contributed by atoms with van der Waals surface area (Å²) in [6, 6.07) is -0.689. The van der Waals surface area contributed by atoms with Gasteiger partial charge in [-0.3, -0.25) is 9.59 Å². The minimum Gasteiger partial charge on any atom is -0.480 e. The van der Waals surface area contributed by atoms with Crippen molar-refractivity contribution >= 4 is 17.8 Å². The van der Waals surface area contributed by atoms with E-state index < -0.39 is 12.0 Å².